The molecule has 326 valence electrons. The molecule has 0 saturated carbocycles. The number of anilines is 2. The van der Waals surface area contributed by atoms with Gasteiger partial charge in [0, 0.05) is 33.2 Å². The number of dihydropyridines is 1. The molecule has 3 N–H and O–H groups in total. The predicted octanol–water partition coefficient (Wildman–Crippen LogP) is 16.8. The van der Waals surface area contributed by atoms with E-state index in [2.05, 4.69) is 264 Å². The van der Waals surface area contributed by atoms with Crippen LogP contribution in [0.2, 0.25) is 0 Å². The maximum absolute atomic E-state index is 3.94. The molecule has 1 atom stereocenters. The van der Waals surface area contributed by atoms with E-state index in [9.17, 15) is 0 Å². The third-order valence-corrected chi connectivity index (χ3v) is 14.3. The zero-order chi connectivity index (χ0) is 45.7. The number of rotatable bonds is 9. The Bertz CT molecular complexity index is 3720. The third kappa shape index (κ3) is 6.81. The van der Waals surface area contributed by atoms with Crippen molar-refractivity contribution in [3.05, 3.63) is 289 Å². The van der Waals surface area contributed by atoms with Crippen LogP contribution in [0.5, 0.6) is 0 Å². The largest absolute Gasteiger partial charge is 0.381 e. The van der Waals surface area contributed by atoms with E-state index in [1.165, 1.54) is 77.5 Å². The topological polar surface area (TPSA) is 39.8 Å². The fourth-order valence-corrected chi connectivity index (χ4v) is 11.2. The lowest BCUT2D eigenvalue weighted by Gasteiger charge is -2.34. The van der Waals surface area contributed by atoms with Gasteiger partial charge in [0.25, 0.3) is 0 Å². The molecule has 11 aromatic rings. The highest BCUT2D eigenvalue weighted by molar-refractivity contribution is 6.19. The van der Waals surface area contributed by atoms with Crippen molar-refractivity contribution in [1.82, 2.24) is 10.3 Å². The molecule has 0 radical (unpaired) electrons. The summed E-state index contributed by atoms with van der Waals surface area (Å²) in [6.45, 7) is 0. The molecule has 2 heterocycles. The number of aromatic amines is 1. The predicted molar refractivity (Wildman–Crippen MR) is 289 cm³/mol. The lowest BCUT2D eigenvalue weighted by molar-refractivity contribution is 0.746. The Hall–Kier alpha value is -8.92. The normalized spacial score (nSPS) is 14.3. The number of H-pyrrole nitrogens is 1. The van der Waals surface area contributed by atoms with Gasteiger partial charge in [0.2, 0.25) is 0 Å². The van der Waals surface area contributed by atoms with Crippen molar-refractivity contribution in [3.63, 3.8) is 0 Å². The lowest BCUT2D eigenvalue weighted by Crippen LogP contribution is -2.28. The van der Waals surface area contributed by atoms with Gasteiger partial charge in [-0.3, -0.25) is 0 Å². The van der Waals surface area contributed by atoms with Gasteiger partial charge < -0.3 is 15.6 Å². The van der Waals surface area contributed by atoms with Crippen molar-refractivity contribution in [3.8, 4) is 55.6 Å². The molecule has 0 fully saturated rings. The zero-order valence-corrected chi connectivity index (χ0v) is 37.9. The number of hydrogen-bond acceptors (Lipinski definition) is 2. The van der Waals surface area contributed by atoms with E-state index < -0.39 is 5.41 Å². The number of aromatic nitrogens is 1. The highest BCUT2D eigenvalue weighted by Crippen LogP contribution is 2.59. The molecule has 0 amide bonds. The van der Waals surface area contributed by atoms with E-state index in [4.69, 9.17) is 0 Å². The van der Waals surface area contributed by atoms with Crippen molar-refractivity contribution in [2.24, 2.45) is 0 Å². The van der Waals surface area contributed by atoms with Crippen LogP contribution in [0.4, 0.5) is 11.4 Å². The summed E-state index contributed by atoms with van der Waals surface area (Å²) in [5.41, 5.74) is 21.9. The van der Waals surface area contributed by atoms with Crippen LogP contribution in [0.15, 0.2) is 261 Å². The monoisotopic (exact) mass is 881 g/mol. The summed E-state index contributed by atoms with van der Waals surface area (Å²) in [6.07, 6.45) is 8.33. The highest BCUT2D eigenvalue weighted by Gasteiger charge is 2.47. The van der Waals surface area contributed by atoms with Crippen LogP contribution in [-0.4, -0.2) is 4.98 Å². The second-order valence-electron chi connectivity index (χ2n) is 18.2. The molecular weight excluding hydrogens is 835 g/mol. The van der Waals surface area contributed by atoms with Crippen LogP contribution in [0.25, 0.3) is 77.4 Å². The maximum atomic E-state index is 3.94. The number of nitrogens with one attached hydrogen (secondary N) is 3. The van der Waals surface area contributed by atoms with Gasteiger partial charge in [-0.1, -0.05) is 206 Å². The van der Waals surface area contributed by atoms with Gasteiger partial charge in [0.15, 0.2) is 0 Å². The van der Waals surface area contributed by atoms with Crippen LogP contribution in [0.3, 0.4) is 0 Å². The van der Waals surface area contributed by atoms with Crippen molar-refractivity contribution in [1.29, 1.82) is 0 Å². The van der Waals surface area contributed by atoms with Crippen LogP contribution in [0, 0.1) is 0 Å². The lowest BCUT2D eigenvalue weighted by atomic mass is 9.67. The number of hydrogen-bond donors (Lipinski definition) is 3. The van der Waals surface area contributed by atoms with Crippen molar-refractivity contribution >= 4 is 33.2 Å². The molecular formula is C66H47N3. The van der Waals surface area contributed by atoms with Gasteiger partial charge in [0.1, 0.15) is 0 Å². The van der Waals surface area contributed by atoms with Gasteiger partial charge in [-0.15, -0.1) is 0 Å². The van der Waals surface area contributed by atoms with Crippen molar-refractivity contribution in [2.75, 3.05) is 5.32 Å². The van der Waals surface area contributed by atoms with Crippen molar-refractivity contribution < 1.29 is 0 Å². The van der Waals surface area contributed by atoms with E-state index in [1.54, 1.807) is 0 Å². The molecule has 10 aromatic carbocycles. The van der Waals surface area contributed by atoms with E-state index >= 15 is 0 Å². The summed E-state index contributed by atoms with van der Waals surface area (Å²) in [4.78, 5) is 3.94. The summed E-state index contributed by atoms with van der Waals surface area (Å²) in [6, 6.07) is 87.1. The first-order valence-corrected chi connectivity index (χ1v) is 23.9. The van der Waals surface area contributed by atoms with Crippen LogP contribution >= 0.6 is 0 Å². The van der Waals surface area contributed by atoms with Crippen LogP contribution in [0.1, 0.15) is 33.9 Å². The molecule has 3 nitrogen and oxygen atoms in total. The van der Waals surface area contributed by atoms with Crippen LogP contribution < -0.4 is 10.6 Å². The van der Waals surface area contributed by atoms with Gasteiger partial charge in [-0.2, -0.15) is 0 Å². The van der Waals surface area contributed by atoms with Gasteiger partial charge >= 0.3 is 0 Å². The second kappa shape index (κ2) is 16.7. The summed E-state index contributed by atoms with van der Waals surface area (Å²) >= 11 is 0. The third-order valence-electron chi connectivity index (χ3n) is 14.3. The number of fused-ring (bicyclic) bond motifs is 6. The SMILES string of the molecule is C1=CNC(c2ccc(Nc3cc(-c4cccc(-c5ccc(-c6ccccc6)c6c5[nH]c5ccc(-c7ccccc7)cc56)c4)c4c(c3)C(c3ccccc3)(c3ccccc3)c3ccccc3-4)cc2)C=C1. The smallest absolute Gasteiger partial charge is 0.0714 e. The minimum Gasteiger partial charge on any atom is -0.381 e. The first-order valence-electron chi connectivity index (χ1n) is 23.9. The Morgan fingerprint density at radius 2 is 1.04 bits per heavy atom. The van der Waals surface area contributed by atoms with Crippen LogP contribution in [-0.2, 0) is 5.41 Å². The molecule has 3 heteroatoms. The molecule has 13 rings (SSSR count). The highest BCUT2D eigenvalue weighted by atomic mass is 14.9. The molecule has 0 bridgehead atoms. The van der Waals surface area contributed by atoms with Crippen molar-refractivity contribution in [2.45, 2.75) is 11.5 Å². The molecule has 1 aromatic heterocycles. The summed E-state index contributed by atoms with van der Waals surface area (Å²) < 4.78 is 0. The number of allylic oxidation sites excluding steroid dienone is 2. The van der Waals surface area contributed by atoms with Gasteiger partial charge in [0.05, 0.1) is 17.0 Å². The Kier molecular flexibility index (Phi) is 9.80. The average Bonchev–Trinajstić information content (AvgIpc) is 3.96. The molecule has 0 spiro atoms. The maximum Gasteiger partial charge on any atom is 0.0714 e. The fourth-order valence-electron chi connectivity index (χ4n) is 11.2. The second-order valence-corrected chi connectivity index (χ2v) is 18.2. The molecule has 2 aliphatic rings. The average molecular weight is 882 g/mol. The standard InChI is InChI=1S/C66H47N3/c1-5-18-44(19-6-1)47-33-38-62-58(41-47)64-54(45-20-7-2-8-21-45)36-37-55(65(64)69-62)48-22-17-23-49(40-48)57-42-53(68-52-34-31-46(32-35-52)61-30-15-16-39-67-61)43-60-63(57)56-28-13-14-29-59(56)66(60,50-24-9-3-10-25-50)51-26-11-4-12-27-51/h1-43,61,67-69H. The van der Waals surface area contributed by atoms with Gasteiger partial charge in [-0.05, 0) is 133 Å². The molecule has 69 heavy (non-hydrogen) atoms. The van der Waals surface area contributed by atoms with E-state index in [0.717, 1.165) is 39.1 Å². The number of benzene rings is 10. The molecule has 0 saturated heterocycles. The molecule has 1 aliphatic heterocycles. The first kappa shape index (κ1) is 40.4. The Morgan fingerprint density at radius 1 is 0.406 bits per heavy atom. The summed E-state index contributed by atoms with van der Waals surface area (Å²) in [5, 5.41) is 9.82. The quantitative estimate of drug-likeness (QED) is 0.135. The summed E-state index contributed by atoms with van der Waals surface area (Å²) in [7, 11) is 0. The minimum absolute atomic E-state index is 0.144. The minimum atomic E-state index is -0.572. The Morgan fingerprint density at radius 3 is 1.75 bits per heavy atom. The van der Waals surface area contributed by atoms with E-state index in [-0.39, 0.29) is 6.04 Å². The van der Waals surface area contributed by atoms with E-state index in [0.29, 0.717) is 0 Å². The fraction of sp³-hybridized carbons (Fsp3) is 0.0303. The molecule has 1 unspecified atom stereocenters. The summed E-state index contributed by atoms with van der Waals surface area (Å²) in [5.74, 6) is 0. The molecule has 1 aliphatic carbocycles. The van der Waals surface area contributed by atoms with Gasteiger partial charge in [-0.25, -0.2) is 0 Å². The first-order chi connectivity index (χ1) is 34.2. The van der Waals surface area contributed by atoms with E-state index in [1.807, 2.05) is 12.3 Å². The Balaban J connectivity index is 1.03. The Labute approximate surface area is 402 Å². The zero-order valence-electron chi connectivity index (χ0n) is 37.9.